The Morgan fingerprint density at radius 3 is 2.48 bits per heavy atom. The molecule has 0 spiro atoms. The van der Waals surface area contributed by atoms with E-state index in [0.29, 0.717) is 48.6 Å². The second kappa shape index (κ2) is 16.2. The number of sulfonamides is 1. The van der Waals surface area contributed by atoms with Gasteiger partial charge in [0.15, 0.2) is 11.3 Å². The number of ether oxygens (including phenoxy) is 2. The van der Waals surface area contributed by atoms with Gasteiger partial charge in [0.05, 0.1) is 22.9 Å². The van der Waals surface area contributed by atoms with Crippen molar-refractivity contribution in [3.8, 4) is 5.88 Å². The molecule has 4 N–H and O–H groups in total. The second-order valence-corrected chi connectivity index (χ2v) is 18.4. The van der Waals surface area contributed by atoms with Crippen molar-refractivity contribution in [3.63, 3.8) is 0 Å². The van der Waals surface area contributed by atoms with Crippen LogP contribution in [0.3, 0.4) is 0 Å². The van der Waals surface area contributed by atoms with E-state index in [2.05, 4.69) is 33.8 Å². The molecule has 15 heteroatoms. The minimum Gasteiger partial charge on any atom is -0.473 e. The van der Waals surface area contributed by atoms with Crippen LogP contribution >= 0.6 is 0 Å². The van der Waals surface area contributed by atoms with E-state index in [9.17, 15) is 32.4 Å². The zero-order valence-electron chi connectivity index (χ0n) is 32.3. The average Bonchev–Trinajstić information content (AvgIpc) is 3.97. The molecule has 5 fully saturated rings. The van der Waals surface area contributed by atoms with Gasteiger partial charge in [0.25, 0.3) is 5.91 Å². The van der Waals surface area contributed by atoms with Crippen molar-refractivity contribution >= 4 is 44.7 Å². The van der Waals surface area contributed by atoms with Crippen LogP contribution in [-0.2, 0) is 35.6 Å². The predicted molar refractivity (Wildman–Crippen MR) is 209 cm³/mol. The van der Waals surface area contributed by atoms with Crippen LogP contribution in [-0.4, -0.2) is 83.7 Å². The molecular formula is C41H55N5O9S. The van der Waals surface area contributed by atoms with Gasteiger partial charge in [0, 0.05) is 17.7 Å². The molecule has 1 saturated heterocycles. The van der Waals surface area contributed by atoms with Crippen molar-refractivity contribution in [1.29, 1.82) is 0 Å². The number of para-hydroxylation sites is 1. The first-order valence-corrected chi connectivity index (χ1v) is 22.0. The fourth-order valence-electron chi connectivity index (χ4n) is 9.24. The second-order valence-electron chi connectivity index (χ2n) is 16.4. The lowest BCUT2D eigenvalue weighted by atomic mass is 9.96. The number of benzene rings is 1. The normalized spacial score (nSPS) is 28.1. The lowest BCUT2D eigenvalue weighted by molar-refractivity contribution is -0.142. The third-order valence-electron chi connectivity index (χ3n) is 12.6. The molecule has 2 aromatic rings. The van der Waals surface area contributed by atoms with Gasteiger partial charge < -0.3 is 30.0 Å². The van der Waals surface area contributed by atoms with Crippen molar-refractivity contribution in [2.45, 2.75) is 139 Å². The Bertz CT molecular complexity index is 2030. The number of hydrogen-bond donors (Lipinski definition) is 4. The van der Waals surface area contributed by atoms with Crippen molar-refractivity contribution < 1.29 is 37.1 Å². The molecule has 7 atom stereocenters. The summed E-state index contributed by atoms with van der Waals surface area (Å²) in [5.41, 5.74) is -0.731. The van der Waals surface area contributed by atoms with Crippen molar-refractivity contribution in [3.05, 3.63) is 52.7 Å². The predicted octanol–water partition coefficient (Wildman–Crippen LogP) is 4.36. The van der Waals surface area contributed by atoms with Crippen LogP contribution in [0.2, 0.25) is 0 Å². The lowest BCUT2D eigenvalue weighted by Crippen LogP contribution is -2.59. The summed E-state index contributed by atoms with van der Waals surface area (Å²) in [6.45, 7) is 7.70. The number of alkyl carbamates (subject to hydrolysis) is 1. The summed E-state index contributed by atoms with van der Waals surface area (Å²) >= 11 is 0. The Labute approximate surface area is 327 Å². The van der Waals surface area contributed by atoms with Gasteiger partial charge in [-0.05, 0) is 88.2 Å². The topological polar surface area (TPSA) is 193 Å². The maximum absolute atomic E-state index is 14.8. The van der Waals surface area contributed by atoms with E-state index >= 15 is 0 Å². The fourth-order valence-corrected chi connectivity index (χ4v) is 10.6. The molecule has 304 valence electrons. The van der Waals surface area contributed by atoms with Gasteiger partial charge in [-0.2, -0.15) is 0 Å². The third kappa shape index (κ3) is 8.05. The van der Waals surface area contributed by atoms with Crippen molar-refractivity contribution in [2.75, 3.05) is 6.54 Å². The lowest BCUT2D eigenvalue weighted by Gasteiger charge is -2.32. The number of aromatic amines is 1. The molecule has 0 radical (unpaired) electrons. The van der Waals surface area contributed by atoms with E-state index in [-0.39, 0.29) is 48.6 Å². The third-order valence-corrected chi connectivity index (χ3v) is 14.4. The molecular weight excluding hydrogens is 739 g/mol. The van der Waals surface area contributed by atoms with Crippen LogP contribution in [0.5, 0.6) is 5.88 Å². The number of amides is 4. The van der Waals surface area contributed by atoms with E-state index in [1.807, 2.05) is 6.92 Å². The van der Waals surface area contributed by atoms with Crippen molar-refractivity contribution in [1.82, 2.24) is 25.2 Å². The quantitative estimate of drug-likeness (QED) is 0.190. The van der Waals surface area contributed by atoms with Gasteiger partial charge in [-0.25, -0.2) is 13.2 Å². The number of hydrogen-bond acceptors (Lipinski definition) is 9. The molecule has 56 heavy (non-hydrogen) atoms. The van der Waals surface area contributed by atoms with Crippen LogP contribution in [0.4, 0.5) is 4.79 Å². The van der Waals surface area contributed by atoms with E-state index < -0.39 is 68.7 Å². The highest BCUT2D eigenvalue weighted by Crippen LogP contribution is 2.45. The molecule has 14 nitrogen and oxygen atoms in total. The molecule has 1 aliphatic heterocycles. The van der Waals surface area contributed by atoms with Gasteiger partial charge in [0.2, 0.25) is 21.8 Å². The molecule has 1 aromatic heterocycles. The van der Waals surface area contributed by atoms with E-state index in [0.717, 1.165) is 44.9 Å². The SMILES string of the molecule is C=CC1CC1(NC(=O)C1CC(Oc2[nH]c3ccccc3c(=O)c2CC)CN1C(=O)C(NC(=O)OC1CCCC1CCC)C1CCCC1)C(=O)NS(=O)(=O)C1CC1. The van der Waals surface area contributed by atoms with Crippen LogP contribution < -0.4 is 25.5 Å². The van der Waals surface area contributed by atoms with Crippen LogP contribution in [0, 0.1) is 17.8 Å². The summed E-state index contributed by atoms with van der Waals surface area (Å²) in [5, 5.41) is 5.61. The number of pyridine rings is 1. The molecule has 2 heterocycles. The minimum atomic E-state index is -3.91. The fraction of sp³-hybridized carbons (Fsp3) is 0.634. The number of nitrogens with zero attached hydrogens (tertiary/aromatic N) is 1. The molecule has 0 bridgehead atoms. The number of carbonyl (C=O) groups excluding carboxylic acids is 4. The summed E-state index contributed by atoms with van der Waals surface area (Å²) in [6.07, 6.45) is 9.18. The monoisotopic (exact) mass is 793 g/mol. The number of fused-ring (bicyclic) bond motifs is 1. The van der Waals surface area contributed by atoms with Gasteiger partial charge in [-0.3, -0.25) is 23.9 Å². The molecule has 1 aromatic carbocycles. The number of likely N-dealkylation sites (tertiary alicyclic amines) is 1. The van der Waals surface area contributed by atoms with Gasteiger partial charge in [-0.1, -0.05) is 51.3 Å². The highest BCUT2D eigenvalue weighted by atomic mass is 32.2. The zero-order chi connectivity index (χ0) is 39.8. The number of H-pyrrole nitrogens is 1. The number of rotatable bonds is 15. The molecule has 4 saturated carbocycles. The Hall–Kier alpha value is -4.40. The molecule has 4 amide bonds. The van der Waals surface area contributed by atoms with Crippen LogP contribution in [0.1, 0.15) is 103 Å². The molecule has 4 aliphatic carbocycles. The van der Waals surface area contributed by atoms with E-state index in [1.165, 1.54) is 11.0 Å². The zero-order valence-corrected chi connectivity index (χ0v) is 33.2. The highest BCUT2D eigenvalue weighted by molar-refractivity contribution is 7.91. The van der Waals surface area contributed by atoms with Gasteiger partial charge in [0.1, 0.15) is 29.8 Å². The summed E-state index contributed by atoms with van der Waals surface area (Å²) in [5.74, 6) is -2.15. The highest BCUT2D eigenvalue weighted by Gasteiger charge is 2.62. The van der Waals surface area contributed by atoms with Crippen LogP contribution in [0.15, 0.2) is 41.7 Å². The maximum Gasteiger partial charge on any atom is 0.408 e. The minimum absolute atomic E-state index is 0.00895. The average molecular weight is 794 g/mol. The summed E-state index contributed by atoms with van der Waals surface area (Å²) < 4.78 is 40.1. The number of carbonyl (C=O) groups is 4. The smallest absolute Gasteiger partial charge is 0.408 e. The number of aromatic nitrogens is 1. The van der Waals surface area contributed by atoms with Crippen LogP contribution in [0.25, 0.3) is 10.9 Å². The first-order valence-electron chi connectivity index (χ1n) is 20.5. The summed E-state index contributed by atoms with van der Waals surface area (Å²) in [4.78, 5) is 74.5. The van der Waals surface area contributed by atoms with Gasteiger partial charge >= 0.3 is 6.09 Å². The number of nitrogens with one attached hydrogen (secondary N) is 4. The summed E-state index contributed by atoms with van der Waals surface area (Å²) in [7, 11) is -3.91. The largest absolute Gasteiger partial charge is 0.473 e. The summed E-state index contributed by atoms with van der Waals surface area (Å²) in [6, 6.07) is 4.98. The first kappa shape index (κ1) is 39.8. The van der Waals surface area contributed by atoms with Crippen molar-refractivity contribution in [2.24, 2.45) is 17.8 Å². The maximum atomic E-state index is 14.8. The Morgan fingerprint density at radius 1 is 1.05 bits per heavy atom. The Balaban J connectivity index is 1.17. The van der Waals surface area contributed by atoms with E-state index in [1.54, 1.807) is 24.3 Å². The first-order chi connectivity index (χ1) is 26.9. The standard InChI is InChI=1S/C41H55N5O9S/c1-4-12-24-15-11-18-33(24)55-40(51)43-34(25-13-7-8-14-25)38(49)46-23-27(54-37-29(6-3)35(47)30-16-9-10-17-31(30)42-37)21-32(46)36(48)44-41(22-26(41)5-2)39(50)45-56(52,53)28-19-20-28/h5,9-10,16-17,24-28,32-34H,2,4,6-8,11-15,18-23H2,1,3H3,(H,42,47)(H,43,51)(H,44,48)(H,45,50). The molecule has 5 aliphatic rings. The van der Waals surface area contributed by atoms with Gasteiger partial charge in [-0.15, -0.1) is 6.58 Å². The Kier molecular flexibility index (Phi) is 11.5. The molecule has 7 unspecified atom stereocenters. The van der Waals surface area contributed by atoms with E-state index in [4.69, 9.17) is 9.47 Å². The molecule has 7 rings (SSSR count). The Morgan fingerprint density at radius 2 is 1.80 bits per heavy atom.